The molecule has 2 heterocycles. The maximum atomic E-state index is 10.0. The minimum absolute atomic E-state index is 0.0813. The number of nitrogens with zero attached hydrogens (tertiary/aromatic N) is 3. The number of allylic oxidation sites excluding steroid dienone is 1. The first-order valence-corrected chi connectivity index (χ1v) is 5.94. The summed E-state index contributed by atoms with van der Waals surface area (Å²) in [5, 5.41) is 17.9. The monoisotopic (exact) mass is 254 g/mol. The summed E-state index contributed by atoms with van der Waals surface area (Å²) in [5.74, 6) is 0.0813. The van der Waals surface area contributed by atoms with Crippen LogP contribution < -0.4 is 5.62 Å². The Bertz CT molecular complexity index is 777. The fraction of sp³-hybridized carbons (Fsp3) is 0.143. The summed E-state index contributed by atoms with van der Waals surface area (Å²) < 4.78 is 3.07. The Kier molecular flexibility index (Phi) is 2.41. The van der Waals surface area contributed by atoms with Crippen molar-refractivity contribution in [3.63, 3.8) is 0 Å². The van der Waals surface area contributed by atoms with Gasteiger partial charge in [0.25, 0.3) is 0 Å². The summed E-state index contributed by atoms with van der Waals surface area (Å²) in [6.45, 7) is 0. The molecular formula is C14H14N4O. The maximum Gasteiger partial charge on any atom is 0.218 e. The molecule has 1 aliphatic heterocycles. The van der Waals surface area contributed by atoms with Gasteiger partial charge in [-0.25, -0.2) is 0 Å². The highest BCUT2D eigenvalue weighted by atomic mass is 16.3. The van der Waals surface area contributed by atoms with E-state index in [4.69, 9.17) is 5.41 Å². The van der Waals surface area contributed by atoms with Gasteiger partial charge in [-0.2, -0.15) is 0 Å². The van der Waals surface area contributed by atoms with Crippen molar-refractivity contribution in [2.75, 3.05) is 0 Å². The third-order valence-electron chi connectivity index (χ3n) is 3.39. The first-order chi connectivity index (χ1) is 9.09. The standard InChI is InChI=1S/C14H14N4O/c1-17-12(13(19)18(2)14(17)15)7-9-8-16-11-6-4-3-5-10(9)11/h3-8,15,19H,1-2H3/b9-7-,15-14?. The molecule has 0 bridgehead atoms. The molecular weight excluding hydrogens is 240 g/mol. The topological polar surface area (TPSA) is 66.3 Å². The zero-order valence-corrected chi connectivity index (χ0v) is 10.8. The molecule has 0 atom stereocenters. The lowest BCUT2D eigenvalue weighted by molar-refractivity contribution is 0.427. The van der Waals surface area contributed by atoms with Gasteiger partial charge in [0, 0.05) is 31.4 Å². The Hall–Kier alpha value is -2.56. The molecule has 0 aliphatic carbocycles. The van der Waals surface area contributed by atoms with Crippen molar-refractivity contribution in [2.45, 2.75) is 0 Å². The van der Waals surface area contributed by atoms with Gasteiger partial charge in [0.2, 0.25) is 11.5 Å². The van der Waals surface area contributed by atoms with Crippen LogP contribution >= 0.6 is 0 Å². The number of nitrogens with one attached hydrogen (secondary N) is 1. The summed E-state index contributed by atoms with van der Waals surface area (Å²) in [5.41, 5.74) is 3.75. The molecule has 5 heteroatoms. The summed E-state index contributed by atoms with van der Waals surface area (Å²) in [7, 11) is 3.42. The lowest BCUT2D eigenvalue weighted by Gasteiger charge is -2.00. The Morgan fingerprint density at radius 2 is 1.95 bits per heavy atom. The van der Waals surface area contributed by atoms with Crippen LogP contribution in [0.1, 0.15) is 11.3 Å². The smallest absolute Gasteiger partial charge is 0.218 e. The molecule has 3 rings (SSSR count). The van der Waals surface area contributed by atoms with Crippen LogP contribution in [0.2, 0.25) is 0 Å². The van der Waals surface area contributed by atoms with E-state index in [0.29, 0.717) is 5.69 Å². The molecule has 1 aliphatic rings. The van der Waals surface area contributed by atoms with Crippen LogP contribution in [0.4, 0.5) is 5.69 Å². The van der Waals surface area contributed by atoms with Crippen LogP contribution in [0.25, 0.3) is 11.6 Å². The van der Waals surface area contributed by atoms with Gasteiger partial charge in [0.05, 0.1) is 5.69 Å². The molecule has 5 nitrogen and oxygen atoms in total. The lowest BCUT2D eigenvalue weighted by Crippen LogP contribution is -2.20. The molecule has 2 N–H and O–H groups in total. The maximum absolute atomic E-state index is 10.0. The molecule has 0 amide bonds. The first kappa shape index (κ1) is 11.5. The molecule has 0 saturated heterocycles. The van der Waals surface area contributed by atoms with E-state index in [2.05, 4.69) is 4.99 Å². The van der Waals surface area contributed by atoms with Gasteiger partial charge in [-0.15, -0.1) is 0 Å². The predicted octanol–water partition coefficient (Wildman–Crippen LogP) is 1.81. The number of aromatic hydroxyl groups is 1. The summed E-state index contributed by atoms with van der Waals surface area (Å²) in [6.07, 6.45) is 3.63. The van der Waals surface area contributed by atoms with E-state index in [0.717, 1.165) is 16.8 Å². The van der Waals surface area contributed by atoms with Gasteiger partial charge in [0.1, 0.15) is 5.69 Å². The van der Waals surface area contributed by atoms with Crippen LogP contribution in [0.5, 0.6) is 5.88 Å². The number of aromatic nitrogens is 2. The van der Waals surface area contributed by atoms with Crippen molar-refractivity contribution in [3.05, 3.63) is 41.1 Å². The summed E-state index contributed by atoms with van der Waals surface area (Å²) in [4.78, 5) is 4.33. The highest BCUT2D eigenvalue weighted by Gasteiger charge is 2.15. The average Bonchev–Trinajstić information content (AvgIpc) is 2.91. The Balaban J connectivity index is 2.18. The van der Waals surface area contributed by atoms with E-state index < -0.39 is 0 Å². The average molecular weight is 254 g/mol. The van der Waals surface area contributed by atoms with Gasteiger partial charge >= 0.3 is 0 Å². The molecule has 0 unspecified atom stereocenters. The second kappa shape index (κ2) is 3.98. The molecule has 0 saturated carbocycles. The summed E-state index contributed by atoms with van der Waals surface area (Å²) >= 11 is 0. The second-order valence-corrected chi connectivity index (χ2v) is 4.53. The van der Waals surface area contributed by atoms with E-state index in [9.17, 15) is 5.11 Å². The largest absolute Gasteiger partial charge is 0.493 e. The molecule has 19 heavy (non-hydrogen) atoms. The number of fused-ring (bicyclic) bond motifs is 1. The quantitative estimate of drug-likeness (QED) is 0.800. The van der Waals surface area contributed by atoms with Crippen molar-refractivity contribution in [2.24, 2.45) is 19.1 Å². The van der Waals surface area contributed by atoms with Crippen molar-refractivity contribution >= 4 is 23.6 Å². The van der Waals surface area contributed by atoms with Crippen LogP contribution in [0.3, 0.4) is 0 Å². The summed E-state index contributed by atoms with van der Waals surface area (Å²) in [6, 6.07) is 7.85. The number of aliphatic imine (C=N–C) groups is 1. The molecule has 0 spiro atoms. The number of hydrogen-bond donors (Lipinski definition) is 2. The first-order valence-electron chi connectivity index (χ1n) is 5.94. The number of benzene rings is 1. The van der Waals surface area contributed by atoms with Crippen LogP contribution in [0.15, 0.2) is 29.3 Å². The Morgan fingerprint density at radius 1 is 1.21 bits per heavy atom. The van der Waals surface area contributed by atoms with Gasteiger partial charge in [-0.3, -0.25) is 15.0 Å². The second-order valence-electron chi connectivity index (χ2n) is 4.53. The number of imidazole rings is 1. The SMILES string of the molecule is Cn1c(O)c(/C=C2/C=Nc3ccccc32)n(C)c1=N. The van der Waals surface area contributed by atoms with Gasteiger partial charge in [-0.05, 0) is 12.1 Å². The Labute approximate surface area is 110 Å². The number of rotatable bonds is 1. The van der Waals surface area contributed by atoms with Crippen LogP contribution in [-0.4, -0.2) is 20.5 Å². The Morgan fingerprint density at radius 3 is 2.63 bits per heavy atom. The predicted molar refractivity (Wildman–Crippen MR) is 74.4 cm³/mol. The van der Waals surface area contributed by atoms with Gasteiger partial charge in [-0.1, -0.05) is 18.2 Å². The number of para-hydroxylation sites is 1. The molecule has 0 radical (unpaired) electrons. The van der Waals surface area contributed by atoms with Crippen molar-refractivity contribution in [3.8, 4) is 5.88 Å². The van der Waals surface area contributed by atoms with Crippen LogP contribution in [-0.2, 0) is 14.1 Å². The van der Waals surface area contributed by atoms with E-state index in [-0.39, 0.29) is 11.5 Å². The number of hydrogen-bond acceptors (Lipinski definition) is 3. The minimum Gasteiger partial charge on any atom is -0.493 e. The zero-order valence-electron chi connectivity index (χ0n) is 10.8. The fourth-order valence-electron chi connectivity index (χ4n) is 2.22. The van der Waals surface area contributed by atoms with E-state index in [1.807, 2.05) is 30.3 Å². The van der Waals surface area contributed by atoms with E-state index >= 15 is 0 Å². The molecule has 0 fully saturated rings. The zero-order chi connectivity index (χ0) is 13.6. The third kappa shape index (κ3) is 1.62. The van der Waals surface area contributed by atoms with E-state index in [1.165, 1.54) is 4.57 Å². The van der Waals surface area contributed by atoms with Gasteiger partial charge < -0.3 is 9.67 Å². The molecule has 96 valence electrons. The highest BCUT2D eigenvalue weighted by molar-refractivity contribution is 6.21. The molecule has 2 aromatic rings. The van der Waals surface area contributed by atoms with Gasteiger partial charge in [0.15, 0.2) is 0 Å². The normalized spacial score (nSPS) is 15.2. The van der Waals surface area contributed by atoms with E-state index in [1.54, 1.807) is 24.9 Å². The molecule has 1 aromatic heterocycles. The van der Waals surface area contributed by atoms with Crippen molar-refractivity contribution in [1.82, 2.24) is 9.13 Å². The fourth-order valence-corrected chi connectivity index (χ4v) is 2.22. The van der Waals surface area contributed by atoms with Crippen LogP contribution in [0, 0.1) is 5.41 Å². The lowest BCUT2D eigenvalue weighted by atomic mass is 10.1. The van der Waals surface area contributed by atoms with Crippen molar-refractivity contribution < 1.29 is 5.11 Å². The highest BCUT2D eigenvalue weighted by Crippen LogP contribution is 2.32. The third-order valence-corrected chi connectivity index (χ3v) is 3.39. The van der Waals surface area contributed by atoms with Crippen molar-refractivity contribution in [1.29, 1.82) is 5.41 Å². The molecule has 1 aromatic carbocycles. The minimum atomic E-state index is 0.0813.